The highest BCUT2D eigenvalue weighted by Gasteiger charge is 2.36. The second kappa shape index (κ2) is 6.32. The van der Waals surface area contributed by atoms with E-state index in [9.17, 15) is 4.79 Å². The summed E-state index contributed by atoms with van der Waals surface area (Å²) in [5, 5.41) is 7.13. The Morgan fingerprint density at radius 1 is 1.38 bits per heavy atom. The van der Waals surface area contributed by atoms with Crippen molar-refractivity contribution in [3.05, 3.63) is 30.3 Å². The summed E-state index contributed by atoms with van der Waals surface area (Å²) >= 11 is 0. The number of hydrogen-bond donors (Lipinski definition) is 1. The Hall–Kier alpha value is -2.28. The van der Waals surface area contributed by atoms with E-state index in [4.69, 9.17) is 4.52 Å². The molecule has 0 saturated carbocycles. The average molecular weight is 329 g/mol. The molecule has 7 heteroatoms. The first kappa shape index (κ1) is 16.6. The Kier molecular flexibility index (Phi) is 4.36. The van der Waals surface area contributed by atoms with Crippen molar-refractivity contribution in [3.8, 4) is 11.5 Å². The van der Waals surface area contributed by atoms with Gasteiger partial charge in [0.1, 0.15) is 5.69 Å². The lowest BCUT2D eigenvalue weighted by atomic mass is 9.95. The van der Waals surface area contributed by atoms with Gasteiger partial charge in [-0.05, 0) is 25.6 Å². The summed E-state index contributed by atoms with van der Waals surface area (Å²) in [5.41, 5.74) is 0.290. The normalized spacial score (nSPS) is 21.8. The maximum Gasteiger partial charge on any atom is 0.244 e. The van der Waals surface area contributed by atoms with Crippen molar-refractivity contribution in [1.82, 2.24) is 25.3 Å². The SMILES string of the molecule is CN1C[C@@H](NC(=O)C(C)(C)C)C[C@H]1c1nc(-c2ccccn2)no1. The van der Waals surface area contributed by atoms with Crippen LogP contribution in [0.1, 0.15) is 39.1 Å². The Balaban J connectivity index is 1.70. The fourth-order valence-electron chi connectivity index (χ4n) is 2.76. The number of amides is 1. The number of hydrogen-bond acceptors (Lipinski definition) is 6. The minimum absolute atomic E-state index is 0.000214. The average Bonchev–Trinajstić information content (AvgIpc) is 3.14. The van der Waals surface area contributed by atoms with Gasteiger partial charge in [0.2, 0.25) is 17.6 Å². The molecule has 24 heavy (non-hydrogen) atoms. The lowest BCUT2D eigenvalue weighted by Gasteiger charge is -2.21. The van der Waals surface area contributed by atoms with E-state index in [-0.39, 0.29) is 18.0 Å². The van der Waals surface area contributed by atoms with Gasteiger partial charge in [0.15, 0.2) is 0 Å². The molecule has 7 nitrogen and oxygen atoms in total. The van der Waals surface area contributed by atoms with Crippen molar-refractivity contribution in [3.63, 3.8) is 0 Å². The summed E-state index contributed by atoms with van der Waals surface area (Å²) in [5.74, 6) is 1.10. The standard InChI is InChI=1S/C17H23N5O2/c1-17(2,3)16(23)19-11-9-13(22(4)10-11)15-20-14(21-24-15)12-7-5-6-8-18-12/h5-8,11,13H,9-10H2,1-4H3,(H,19,23)/t11-,13-/m0/s1. The zero-order chi connectivity index (χ0) is 17.3. The first-order chi connectivity index (χ1) is 11.3. The van der Waals surface area contributed by atoms with Crippen LogP contribution in [0.25, 0.3) is 11.5 Å². The smallest absolute Gasteiger partial charge is 0.244 e. The lowest BCUT2D eigenvalue weighted by molar-refractivity contribution is -0.129. The van der Waals surface area contributed by atoms with Crippen LogP contribution in [-0.2, 0) is 4.79 Å². The number of nitrogens with one attached hydrogen (secondary N) is 1. The number of likely N-dealkylation sites (tertiary alicyclic amines) is 1. The van der Waals surface area contributed by atoms with Crippen LogP contribution < -0.4 is 5.32 Å². The van der Waals surface area contributed by atoms with Crippen LogP contribution in [0.4, 0.5) is 0 Å². The first-order valence-corrected chi connectivity index (χ1v) is 8.11. The van der Waals surface area contributed by atoms with Gasteiger partial charge in [0, 0.05) is 24.2 Å². The predicted molar refractivity (Wildman–Crippen MR) is 88.9 cm³/mol. The molecule has 2 atom stereocenters. The van der Waals surface area contributed by atoms with Gasteiger partial charge < -0.3 is 9.84 Å². The number of carbonyl (C=O) groups excluding carboxylic acids is 1. The molecular weight excluding hydrogens is 306 g/mol. The maximum absolute atomic E-state index is 12.2. The lowest BCUT2D eigenvalue weighted by Crippen LogP contribution is -2.42. The second-order valence-electron chi connectivity index (χ2n) is 7.28. The van der Waals surface area contributed by atoms with Crippen LogP contribution in [-0.4, -0.2) is 45.6 Å². The summed E-state index contributed by atoms with van der Waals surface area (Å²) in [7, 11) is 2.00. The summed E-state index contributed by atoms with van der Waals surface area (Å²) in [6.45, 7) is 6.49. The second-order valence-corrected chi connectivity index (χ2v) is 7.28. The minimum atomic E-state index is -0.396. The zero-order valence-corrected chi connectivity index (χ0v) is 14.5. The highest BCUT2D eigenvalue weighted by molar-refractivity contribution is 5.81. The molecule has 2 aromatic heterocycles. The molecule has 0 radical (unpaired) electrons. The van der Waals surface area contributed by atoms with Gasteiger partial charge in [-0.1, -0.05) is 32.0 Å². The molecule has 2 aromatic rings. The van der Waals surface area contributed by atoms with Gasteiger partial charge in [0.25, 0.3) is 0 Å². The van der Waals surface area contributed by atoms with Crippen LogP contribution in [0, 0.1) is 5.41 Å². The van der Waals surface area contributed by atoms with Crippen molar-refractivity contribution in [2.24, 2.45) is 5.41 Å². The largest absolute Gasteiger partial charge is 0.352 e. The highest BCUT2D eigenvalue weighted by atomic mass is 16.5. The van der Waals surface area contributed by atoms with Gasteiger partial charge in [-0.15, -0.1) is 0 Å². The van der Waals surface area contributed by atoms with Crippen molar-refractivity contribution in [1.29, 1.82) is 0 Å². The molecule has 1 amide bonds. The summed E-state index contributed by atoms with van der Waals surface area (Å²) in [4.78, 5) is 23.0. The van der Waals surface area contributed by atoms with E-state index in [1.54, 1.807) is 6.20 Å². The summed E-state index contributed by atoms with van der Waals surface area (Å²) < 4.78 is 5.44. The topological polar surface area (TPSA) is 84.2 Å². The van der Waals surface area contributed by atoms with E-state index in [0.717, 1.165) is 13.0 Å². The van der Waals surface area contributed by atoms with Gasteiger partial charge in [-0.2, -0.15) is 4.98 Å². The monoisotopic (exact) mass is 329 g/mol. The molecule has 3 heterocycles. The number of carbonyl (C=O) groups is 1. The van der Waals surface area contributed by atoms with Crippen molar-refractivity contribution < 1.29 is 9.32 Å². The van der Waals surface area contributed by atoms with Crippen LogP contribution in [0.2, 0.25) is 0 Å². The van der Waals surface area contributed by atoms with Crippen molar-refractivity contribution in [2.45, 2.75) is 39.3 Å². The maximum atomic E-state index is 12.2. The predicted octanol–water partition coefficient (Wildman–Crippen LogP) is 2.04. The molecule has 1 fully saturated rings. The van der Waals surface area contributed by atoms with E-state index in [1.165, 1.54) is 0 Å². The van der Waals surface area contributed by atoms with E-state index in [1.807, 2.05) is 46.0 Å². The molecule has 0 unspecified atom stereocenters. The fourth-order valence-corrected chi connectivity index (χ4v) is 2.76. The Morgan fingerprint density at radius 2 is 2.17 bits per heavy atom. The Bertz CT molecular complexity index is 707. The zero-order valence-electron chi connectivity index (χ0n) is 14.5. The quantitative estimate of drug-likeness (QED) is 0.927. The van der Waals surface area contributed by atoms with Gasteiger partial charge >= 0.3 is 0 Å². The van der Waals surface area contributed by atoms with E-state index < -0.39 is 5.41 Å². The molecule has 1 saturated heterocycles. The molecule has 1 N–H and O–H groups in total. The van der Waals surface area contributed by atoms with E-state index in [0.29, 0.717) is 17.4 Å². The van der Waals surface area contributed by atoms with Crippen molar-refractivity contribution >= 4 is 5.91 Å². The number of rotatable bonds is 3. The first-order valence-electron chi connectivity index (χ1n) is 8.11. The third-order valence-electron chi connectivity index (χ3n) is 4.19. The molecule has 1 aliphatic rings. The molecule has 0 aliphatic carbocycles. The van der Waals surface area contributed by atoms with Gasteiger partial charge in [-0.25, -0.2) is 0 Å². The molecule has 0 aromatic carbocycles. The third-order valence-corrected chi connectivity index (χ3v) is 4.19. The van der Waals surface area contributed by atoms with Gasteiger partial charge in [-0.3, -0.25) is 14.7 Å². The molecule has 3 rings (SSSR count). The van der Waals surface area contributed by atoms with Crippen LogP contribution >= 0.6 is 0 Å². The van der Waals surface area contributed by atoms with Crippen LogP contribution in [0.3, 0.4) is 0 Å². The molecule has 0 spiro atoms. The molecular formula is C17H23N5O2. The fraction of sp³-hybridized carbons (Fsp3) is 0.529. The Labute approximate surface area is 141 Å². The highest BCUT2D eigenvalue weighted by Crippen LogP contribution is 2.31. The number of pyridine rings is 1. The summed E-state index contributed by atoms with van der Waals surface area (Å²) in [6.07, 6.45) is 2.45. The minimum Gasteiger partial charge on any atom is -0.352 e. The summed E-state index contributed by atoms with van der Waals surface area (Å²) in [6, 6.07) is 5.66. The third kappa shape index (κ3) is 3.46. The van der Waals surface area contributed by atoms with E-state index >= 15 is 0 Å². The van der Waals surface area contributed by atoms with Crippen LogP contribution in [0.5, 0.6) is 0 Å². The van der Waals surface area contributed by atoms with Crippen LogP contribution in [0.15, 0.2) is 28.9 Å². The molecule has 1 aliphatic heterocycles. The number of aromatic nitrogens is 3. The van der Waals surface area contributed by atoms with Gasteiger partial charge in [0.05, 0.1) is 6.04 Å². The van der Waals surface area contributed by atoms with Crippen molar-refractivity contribution in [2.75, 3.05) is 13.6 Å². The van der Waals surface area contributed by atoms with E-state index in [2.05, 4.69) is 25.3 Å². The number of nitrogens with zero attached hydrogens (tertiary/aromatic N) is 4. The Morgan fingerprint density at radius 3 is 2.83 bits per heavy atom. The molecule has 128 valence electrons. The molecule has 0 bridgehead atoms. The number of likely N-dealkylation sites (N-methyl/N-ethyl adjacent to an activating group) is 1.